The Kier molecular flexibility index (Phi) is 6.89. The van der Waals surface area contributed by atoms with E-state index in [1.807, 2.05) is 31.2 Å². The van der Waals surface area contributed by atoms with Crippen molar-refractivity contribution in [2.75, 3.05) is 25.0 Å². The summed E-state index contributed by atoms with van der Waals surface area (Å²) in [5.41, 5.74) is 2.07. The summed E-state index contributed by atoms with van der Waals surface area (Å²) < 4.78 is 0. The summed E-state index contributed by atoms with van der Waals surface area (Å²) in [6.45, 7) is 5.22. The van der Waals surface area contributed by atoms with E-state index in [0.29, 0.717) is 6.42 Å². The van der Waals surface area contributed by atoms with E-state index in [4.69, 9.17) is 0 Å². The van der Waals surface area contributed by atoms with Gasteiger partial charge in [-0.05, 0) is 50.6 Å². The first-order valence-corrected chi connectivity index (χ1v) is 6.83. The lowest BCUT2D eigenvalue weighted by Gasteiger charge is -2.25. The fraction of sp³-hybridized carbons (Fsp3) is 0.533. The number of carbonyl (C=O) groups is 1. The average Bonchev–Trinajstić information content (AvgIpc) is 2.38. The molecule has 19 heavy (non-hydrogen) atoms. The minimum absolute atomic E-state index is 0. The second-order valence-corrected chi connectivity index (χ2v) is 5.07. The fourth-order valence-electron chi connectivity index (χ4n) is 2.39. The highest BCUT2D eigenvalue weighted by atomic mass is 35.5. The van der Waals surface area contributed by atoms with E-state index in [-0.39, 0.29) is 18.3 Å². The molecule has 1 aromatic carbocycles. The average molecular weight is 282 g/mol. The maximum atomic E-state index is 11.8. The van der Waals surface area contributed by atoms with Gasteiger partial charge in [-0.1, -0.05) is 18.6 Å². The monoisotopic (exact) mass is 281 g/mol. The van der Waals surface area contributed by atoms with Gasteiger partial charge in [-0.15, -0.1) is 0 Å². The number of amides is 1. The summed E-state index contributed by atoms with van der Waals surface area (Å²) in [5, 5.41) is 2.96. The van der Waals surface area contributed by atoms with Crippen LogP contribution in [0.25, 0.3) is 0 Å². The molecule has 3 nitrogen and oxygen atoms in total. The Labute approximate surface area is 121 Å². The predicted molar refractivity (Wildman–Crippen MR) is 74.7 cm³/mol. The number of likely N-dealkylation sites (tertiary alicyclic amines) is 1. The second kappa shape index (κ2) is 8.18. The number of hydrogen-bond acceptors (Lipinski definition) is 2. The zero-order valence-electron chi connectivity index (χ0n) is 11.5. The van der Waals surface area contributed by atoms with Crippen LogP contribution in [0.5, 0.6) is 0 Å². The third kappa shape index (κ3) is 5.62. The van der Waals surface area contributed by atoms with Crippen molar-refractivity contribution < 1.29 is 17.2 Å². The van der Waals surface area contributed by atoms with Gasteiger partial charge in [0.25, 0.3) is 0 Å². The van der Waals surface area contributed by atoms with Crippen LogP contribution in [-0.2, 0) is 4.79 Å². The topological polar surface area (TPSA) is 32.3 Å². The molecule has 1 heterocycles. The van der Waals surface area contributed by atoms with Crippen molar-refractivity contribution in [1.82, 2.24) is 4.90 Å². The highest BCUT2D eigenvalue weighted by Crippen LogP contribution is 2.11. The smallest absolute Gasteiger partial charge is 0.225 e. The molecule has 1 saturated heterocycles. The second-order valence-electron chi connectivity index (χ2n) is 5.07. The number of aryl methyl sites for hydroxylation is 1. The van der Waals surface area contributed by atoms with Gasteiger partial charge in [0.2, 0.25) is 5.91 Å². The molecule has 2 rings (SSSR count). The van der Waals surface area contributed by atoms with Gasteiger partial charge in [0.05, 0.1) is 0 Å². The number of hydrogen-bond donors (Lipinski definition) is 1. The van der Waals surface area contributed by atoms with Crippen molar-refractivity contribution >= 4 is 11.6 Å². The molecule has 0 radical (unpaired) electrons. The van der Waals surface area contributed by atoms with Crippen LogP contribution in [0.4, 0.5) is 5.69 Å². The summed E-state index contributed by atoms with van der Waals surface area (Å²) in [7, 11) is 0. The Bertz CT molecular complexity index is 403. The van der Waals surface area contributed by atoms with Crippen LogP contribution in [0.2, 0.25) is 0 Å². The Balaban J connectivity index is 0.00000180. The maximum Gasteiger partial charge on any atom is 0.225 e. The number of nitrogens with one attached hydrogen (secondary N) is 1. The van der Waals surface area contributed by atoms with E-state index in [9.17, 15) is 4.79 Å². The number of halogens is 1. The molecule has 1 amide bonds. The van der Waals surface area contributed by atoms with E-state index in [1.165, 1.54) is 24.8 Å². The van der Waals surface area contributed by atoms with Crippen LogP contribution in [0.15, 0.2) is 24.3 Å². The number of piperidine rings is 1. The van der Waals surface area contributed by atoms with Crippen molar-refractivity contribution in [3.63, 3.8) is 0 Å². The Hall–Kier alpha value is -1.06. The fourth-order valence-corrected chi connectivity index (χ4v) is 2.39. The molecule has 0 bridgehead atoms. The van der Waals surface area contributed by atoms with E-state index in [2.05, 4.69) is 10.2 Å². The third-order valence-electron chi connectivity index (χ3n) is 3.41. The van der Waals surface area contributed by atoms with Gasteiger partial charge < -0.3 is 22.6 Å². The molecule has 1 aromatic rings. The largest absolute Gasteiger partial charge is 1.00 e. The normalized spacial score (nSPS) is 15.6. The molecule has 1 fully saturated rings. The maximum absolute atomic E-state index is 11.8. The summed E-state index contributed by atoms with van der Waals surface area (Å²) in [6, 6.07) is 7.93. The molecule has 106 valence electrons. The Morgan fingerprint density at radius 3 is 2.68 bits per heavy atom. The van der Waals surface area contributed by atoms with Crippen LogP contribution in [-0.4, -0.2) is 30.4 Å². The molecule has 0 aromatic heterocycles. The van der Waals surface area contributed by atoms with Crippen molar-refractivity contribution in [2.24, 2.45) is 0 Å². The van der Waals surface area contributed by atoms with E-state index < -0.39 is 0 Å². The SMILES string of the molecule is Cc1cccc(NC(=O)CCN2CCCCC2)c1.[Cl-]. The van der Waals surface area contributed by atoms with Crippen LogP contribution in [0, 0.1) is 6.92 Å². The molecule has 1 aliphatic rings. The molecule has 1 N–H and O–H groups in total. The molecule has 0 unspecified atom stereocenters. The molecule has 4 heteroatoms. The quantitative estimate of drug-likeness (QED) is 0.830. The van der Waals surface area contributed by atoms with E-state index in [1.54, 1.807) is 0 Å². The number of anilines is 1. The van der Waals surface area contributed by atoms with Gasteiger partial charge in [-0.25, -0.2) is 0 Å². The first-order chi connectivity index (χ1) is 8.74. The minimum Gasteiger partial charge on any atom is -1.00 e. The molecule has 0 aliphatic carbocycles. The van der Waals surface area contributed by atoms with Crippen molar-refractivity contribution in [2.45, 2.75) is 32.6 Å². The number of rotatable bonds is 4. The molecule has 1 aliphatic heterocycles. The summed E-state index contributed by atoms with van der Waals surface area (Å²) in [5.74, 6) is 0.117. The standard InChI is InChI=1S/C15H22N2O.ClH/c1-13-6-5-7-14(12-13)16-15(18)8-11-17-9-3-2-4-10-17;/h5-7,12H,2-4,8-11H2,1H3,(H,16,18);1H/p-1. The lowest BCUT2D eigenvalue weighted by Crippen LogP contribution is -3.00. The zero-order chi connectivity index (χ0) is 12.8. The van der Waals surface area contributed by atoms with Crippen molar-refractivity contribution in [1.29, 1.82) is 0 Å². The first-order valence-electron chi connectivity index (χ1n) is 6.83. The Morgan fingerprint density at radius 2 is 2.00 bits per heavy atom. The number of nitrogens with zero attached hydrogens (tertiary/aromatic N) is 1. The summed E-state index contributed by atoms with van der Waals surface area (Å²) >= 11 is 0. The molecule has 0 spiro atoms. The van der Waals surface area contributed by atoms with Crippen LogP contribution in [0.1, 0.15) is 31.2 Å². The highest BCUT2D eigenvalue weighted by Gasteiger charge is 2.11. The molecular weight excluding hydrogens is 260 g/mol. The number of benzene rings is 1. The highest BCUT2D eigenvalue weighted by molar-refractivity contribution is 5.90. The summed E-state index contributed by atoms with van der Waals surface area (Å²) in [4.78, 5) is 14.2. The molecular formula is C15H22ClN2O-. The lowest BCUT2D eigenvalue weighted by atomic mass is 10.1. The lowest BCUT2D eigenvalue weighted by molar-refractivity contribution is -0.116. The molecule has 0 saturated carbocycles. The van der Waals surface area contributed by atoms with E-state index >= 15 is 0 Å². The third-order valence-corrected chi connectivity index (χ3v) is 3.41. The summed E-state index contributed by atoms with van der Waals surface area (Å²) in [6.07, 6.45) is 4.49. The van der Waals surface area contributed by atoms with Gasteiger partial charge in [-0.2, -0.15) is 0 Å². The first kappa shape index (κ1) is 16.0. The predicted octanol–water partition coefficient (Wildman–Crippen LogP) is -0.186. The van der Waals surface area contributed by atoms with E-state index in [0.717, 1.165) is 25.3 Å². The molecule has 0 atom stereocenters. The Morgan fingerprint density at radius 1 is 1.26 bits per heavy atom. The van der Waals surface area contributed by atoms with Crippen LogP contribution >= 0.6 is 0 Å². The van der Waals surface area contributed by atoms with Crippen molar-refractivity contribution in [3.8, 4) is 0 Å². The van der Waals surface area contributed by atoms with Gasteiger partial charge in [0.1, 0.15) is 0 Å². The minimum atomic E-state index is 0. The van der Waals surface area contributed by atoms with Crippen molar-refractivity contribution in [3.05, 3.63) is 29.8 Å². The number of carbonyl (C=O) groups excluding carboxylic acids is 1. The van der Waals surface area contributed by atoms with Gasteiger partial charge in [0.15, 0.2) is 0 Å². The van der Waals surface area contributed by atoms with Crippen LogP contribution < -0.4 is 17.7 Å². The van der Waals surface area contributed by atoms with Gasteiger partial charge in [-0.3, -0.25) is 4.79 Å². The zero-order valence-corrected chi connectivity index (χ0v) is 12.2. The van der Waals surface area contributed by atoms with Crippen LogP contribution in [0.3, 0.4) is 0 Å². The van der Waals surface area contributed by atoms with Gasteiger partial charge >= 0.3 is 0 Å². The van der Waals surface area contributed by atoms with Gasteiger partial charge in [0, 0.05) is 18.7 Å².